The summed E-state index contributed by atoms with van der Waals surface area (Å²) in [6.45, 7) is 4.52. The van der Waals surface area contributed by atoms with Crippen LogP contribution in [-0.2, 0) is 0 Å². The van der Waals surface area contributed by atoms with Crippen molar-refractivity contribution < 1.29 is 9.59 Å². The lowest BCUT2D eigenvalue weighted by molar-refractivity contribution is 0.0762. The molecule has 1 fully saturated rings. The number of amides is 3. The number of nitrogens with one attached hydrogen (secondary N) is 1. The number of carbonyl (C=O) groups excluding carboxylic acids is 2. The molecule has 0 aliphatic carbocycles. The van der Waals surface area contributed by atoms with E-state index in [4.69, 9.17) is 11.6 Å². The first-order chi connectivity index (χ1) is 12.0. The summed E-state index contributed by atoms with van der Waals surface area (Å²) in [5.41, 5.74) is 0.633. The van der Waals surface area contributed by atoms with Crippen molar-refractivity contribution in [3.63, 3.8) is 0 Å². The Morgan fingerprint density at radius 2 is 1.80 bits per heavy atom. The third-order valence-corrected chi connectivity index (χ3v) is 5.34. The molecule has 1 saturated heterocycles. The Balaban J connectivity index is 1.91. The number of hydrogen-bond acceptors (Lipinski definition) is 3. The lowest BCUT2D eigenvalue weighted by atomic mass is 10.2. The minimum absolute atomic E-state index is 0.00672. The van der Waals surface area contributed by atoms with E-state index in [0.717, 1.165) is 18.6 Å². The van der Waals surface area contributed by atoms with Crippen LogP contribution in [0.15, 0.2) is 24.3 Å². The molecule has 0 aromatic heterocycles. The Labute approximate surface area is 159 Å². The van der Waals surface area contributed by atoms with Crippen LogP contribution in [0.3, 0.4) is 0 Å². The molecule has 1 atom stereocenters. The zero-order valence-corrected chi connectivity index (χ0v) is 16.4. The maximum atomic E-state index is 12.6. The topological polar surface area (TPSA) is 52.7 Å². The van der Waals surface area contributed by atoms with Gasteiger partial charge in [0.25, 0.3) is 5.91 Å². The number of halogens is 1. The SMILES string of the molecule is CC[C@@H](CSC)NC(=O)N1CCCN(C(=O)c2ccc(Cl)cc2)CC1. The van der Waals surface area contributed by atoms with Gasteiger partial charge in [-0.15, -0.1) is 0 Å². The van der Waals surface area contributed by atoms with Crippen LogP contribution in [0.5, 0.6) is 0 Å². The molecule has 1 heterocycles. The summed E-state index contributed by atoms with van der Waals surface area (Å²) in [6, 6.07) is 7.11. The zero-order valence-electron chi connectivity index (χ0n) is 14.8. The minimum atomic E-state index is -0.0262. The molecule has 1 aliphatic rings. The van der Waals surface area contributed by atoms with Gasteiger partial charge in [-0.3, -0.25) is 4.79 Å². The fraction of sp³-hybridized carbons (Fsp3) is 0.556. The van der Waals surface area contributed by atoms with Crippen LogP contribution in [0.25, 0.3) is 0 Å². The van der Waals surface area contributed by atoms with E-state index in [-0.39, 0.29) is 18.0 Å². The number of nitrogens with zero attached hydrogens (tertiary/aromatic N) is 2. The summed E-state index contributed by atoms with van der Waals surface area (Å²) in [4.78, 5) is 28.7. The summed E-state index contributed by atoms with van der Waals surface area (Å²) < 4.78 is 0. The maximum absolute atomic E-state index is 12.6. The van der Waals surface area contributed by atoms with Crippen LogP contribution in [0.4, 0.5) is 4.79 Å². The van der Waals surface area contributed by atoms with Gasteiger partial charge < -0.3 is 15.1 Å². The lowest BCUT2D eigenvalue weighted by Crippen LogP contribution is -2.47. The maximum Gasteiger partial charge on any atom is 0.317 e. The highest BCUT2D eigenvalue weighted by atomic mass is 35.5. The fourth-order valence-electron chi connectivity index (χ4n) is 2.83. The van der Waals surface area contributed by atoms with Gasteiger partial charge in [0.15, 0.2) is 0 Å². The summed E-state index contributed by atoms with van der Waals surface area (Å²) in [6.07, 6.45) is 3.74. The van der Waals surface area contributed by atoms with Gasteiger partial charge in [-0.05, 0) is 43.4 Å². The molecule has 0 radical (unpaired) electrons. The monoisotopic (exact) mass is 383 g/mol. The van der Waals surface area contributed by atoms with Gasteiger partial charge in [-0.1, -0.05) is 18.5 Å². The first-order valence-electron chi connectivity index (χ1n) is 8.64. The molecule has 0 spiro atoms. The molecule has 0 unspecified atom stereocenters. The fourth-order valence-corrected chi connectivity index (χ4v) is 3.67. The average Bonchev–Trinajstić information content (AvgIpc) is 2.87. The highest BCUT2D eigenvalue weighted by Gasteiger charge is 2.23. The van der Waals surface area contributed by atoms with E-state index in [1.54, 1.807) is 36.0 Å². The quantitative estimate of drug-likeness (QED) is 0.848. The van der Waals surface area contributed by atoms with E-state index in [1.165, 1.54) is 0 Å². The van der Waals surface area contributed by atoms with E-state index in [0.29, 0.717) is 36.8 Å². The van der Waals surface area contributed by atoms with E-state index < -0.39 is 0 Å². The Hall–Kier alpha value is -1.40. The molecular formula is C18H26ClN3O2S. The first kappa shape index (κ1) is 19.9. The molecule has 3 amide bonds. The third-order valence-electron chi connectivity index (χ3n) is 4.35. The van der Waals surface area contributed by atoms with E-state index in [2.05, 4.69) is 12.2 Å². The summed E-state index contributed by atoms with van der Waals surface area (Å²) in [5, 5.41) is 3.71. The predicted molar refractivity (Wildman–Crippen MR) is 105 cm³/mol. The normalized spacial score (nSPS) is 16.3. The van der Waals surface area contributed by atoms with Crippen molar-refractivity contribution in [2.24, 2.45) is 0 Å². The van der Waals surface area contributed by atoms with E-state index >= 15 is 0 Å². The Kier molecular flexibility index (Phi) is 7.90. The van der Waals surface area contributed by atoms with Gasteiger partial charge in [0, 0.05) is 48.6 Å². The Morgan fingerprint density at radius 3 is 2.44 bits per heavy atom. The summed E-state index contributed by atoms with van der Waals surface area (Å²) >= 11 is 7.61. The number of thioether (sulfide) groups is 1. The van der Waals surface area contributed by atoms with Crippen LogP contribution in [0.1, 0.15) is 30.1 Å². The van der Waals surface area contributed by atoms with Crippen LogP contribution in [-0.4, -0.2) is 66.0 Å². The molecule has 0 saturated carbocycles. The molecule has 1 aromatic carbocycles. The highest BCUT2D eigenvalue weighted by Crippen LogP contribution is 2.13. The average molecular weight is 384 g/mol. The number of hydrogen-bond donors (Lipinski definition) is 1. The molecule has 5 nitrogen and oxygen atoms in total. The van der Waals surface area contributed by atoms with Gasteiger partial charge in [-0.25, -0.2) is 4.79 Å². The van der Waals surface area contributed by atoms with Crippen molar-refractivity contribution in [2.75, 3.05) is 38.2 Å². The van der Waals surface area contributed by atoms with Gasteiger partial charge >= 0.3 is 6.03 Å². The summed E-state index contributed by atoms with van der Waals surface area (Å²) in [7, 11) is 0. The smallest absolute Gasteiger partial charge is 0.317 e. The number of urea groups is 1. The number of carbonyl (C=O) groups is 2. The van der Waals surface area contributed by atoms with Crippen molar-refractivity contribution in [3.8, 4) is 0 Å². The van der Waals surface area contributed by atoms with Crippen LogP contribution in [0, 0.1) is 0 Å². The molecule has 1 N–H and O–H groups in total. The third kappa shape index (κ3) is 5.82. The minimum Gasteiger partial charge on any atom is -0.337 e. The summed E-state index contributed by atoms with van der Waals surface area (Å²) in [5.74, 6) is 0.907. The Bertz CT molecular complexity index is 582. The van der Waals surface area contributed by atoms with Gasteiger partial charge in [0.2, 0.25) is 0 Å². The van der Waals surface area contributed by atoms with Crippen molar-refractivity contribution in [1.82, 2.24) is 15.1 Å². The molecule has 25 heavy (non-hydrogen) atoms. The number of benzene rings is 1. The molecule has 1 aliphatic heterocycles. The predicted octanol–water partition coefficient (Wildman–Crippen LogP) is 3.34. The van der Waals surface area contributed by atoms with Gasteiger partial charge in [-0.2, -0.15) is 11.8 Å². The van der Waals surface area contributed by atoms with Crippen LogP contribution < -0.4 is 5.32 Å². The Morgan fingerprint density at radius 1 is 1.16 bits per heavy atom. The second-order valence-electron chi connectivity index (χ2n) is 6.15. The van der Waals surface area contributed by atoms with E-state index in [9.17, 15) is 9.59 Å². The second-order valence-corrected chi connectivity index (χ2v) is 7.50. The van der Waals surface area contributed by atoms with Gasteiger partial charge in [0.1, 0.15) is 0 Å². The molecular weight excluding hydrogens is 358 g/mol. The lowest BCUT2D eigenvalue weighted by Gasteiger charge is -2.25. The number of rotatable bonds is 5. The van der Waals surface area contributed by atoms with Crippen molar-refractivity contribution >= 4 is 35.3 Å². The zero-order chi connectivity index (χ0) is 18.2. The molecule has 0 bridgehead atoms. The molecule has 1 aromatic rings. The van der Waals surface area contributed by atoms with E-state index in [1.807, 2.05) is 16.1 Å². The van der Waals surface area contributed by atoms with Gasteiger partial charge in [0.05, 0.1) is 0 Å². The van der Waals surface area contributed by atoms with Crippen molar-refractivity contribution in [3.05, 3.63) is 34.9 Å². The van der Waals surface area contributed by atoms with Crippen LogP contribution in [0.2, 0.25) is 5.02 Å². The van der Waals surface area contributed by atoms with Crippen molar-refractivity contribution in [1.29, 1.82) is 0 Å². The second kappa shape index (κ2) is 9.92. The first-order valence-corrected chi connectivity index (χ1v) is 10.4. The molecule has 7 heteroatoms. The standard InChI is InChI=1S/C18H26ClN3O2S/c1-3-16(13-25-2)20-18(24)22-10-4-9-21(11-12-22)17(23)14-5-7-15(19)8-6-14/h5-8,16H,3-4,9-13H2,1-2H3,(H,20,24)/t16-/m0/s1. The largest absolute Gasteiger partial charge is 0.337 e. The van der Waals surface area contributed by atoms with Crippen molar-refractivity contribution in [2.45, 2.75) is 25.8 Å². The molecule has 2 rings (SSSR count). The molecule has 138 valence electrons. The highest BCUT2D eigenvalue weighted by molar-refractivity contribution is 7.98. The van der Waals surface area contributed by atoms with Crippen LogP contribution >= 0.6 is 23.4 Å².